The van der Waals surface area contributed by atoms with Crippen molar-refractivity contribution in [2.45, 2.75) is 6.54 Å². The van der Waals surface area contributed by atoms with E-state index in [9.17, 15) is 0 Å². The van der Waals surface area contributed by atoms with E-state index >= 15 is 0 Å². The molecule has 0 saturated heterocycles. The second-order valence-electron chi connectivity index (χ2n) is 4.92. The molecule has 5 nitrogen and oxygen atoms in total. The first kappa shape index (κ1) is 17.5. The molecule has 0 atom stereocenters. The van der Waals surface area contributed by atoms with E-state index in [1.54, 1.807) is 12.7 Å². The van der Waals surface area contributed by atoms with Gasteiger partial charge >= 0.3 is 0 Å². The Kier molecular flexibility index (Phi) is 6.20. The third kappa shape index (κ3) is 3.75. The van der Waals surface area contributed by atoms with Crippen LogP contribution >= 0.6 is 24.8 Å². The fourth-order valence-electron chi connectivity index (χ4n) is 2.18. The van der Waals surface area contributed by atoms with Crippen LogP contribution in [0.4, 0.5) is 0 Å². The molecule has 0 radical (unpaired) electrons. The number of fused-ring (bicyclic) bond motifs is 1. The lowest BCUT2D eigenvalue weighted by Crippen LogP contribution is -2.17. The van der Waals surface area contributed by atoms with Crippen molar-refractivity contribution in [3.63, 3.8) is 0 Å². The average Bonchev–Trinajstić information content (AvgIpc) is 3.05. The monoisotopic (exact) mass is 327 g/mol. The molecule has 0 aliphatic carbocycles. The normalized spacial score (nSPS) is 10.4. The van der Waals surface area contributed by atoms with E-state index in [1.807, 2.05) is 4.57 Å². The predicted octanol–water partition coefficient (Wildman–Crippen LogP) is 2.63. The summed E-state index contributed by atoms with van der Waals surface area (Å²) in [5.41, 5.74) is 2.35. The van der Waals surface area contributed by atoms with Gasteiger partial charge in [0.2, 0.25) is 0 Å². The number of aromatic nitrogens is 4. The SMILES string of the molecule is CN(C)CCn1ccc2cc(-n3cnnc3)ccc21.Cl.Cl. The van der Waals surface area contributed by atoms with E-state index in [4.69, 9.17) is 0 Å². The fraction of sp³-hybridized carbons (Fsp3) is 0.286. The Bertz CT molecular complexity index is 676. The van der Waals surface area contributed by atoms with Crippen molar-refractivity contribution < 1.29 is 0 Å². The minimum atomic E-state index is 0. The van der Waals surface area contributed by atoms with Gasteiger partial charge in [-0.2, -0.15) is 0 Å². The highest BCUT2D eigenvalue weighted by Crippen LogP contribution is 2.19. The molecule has 1 aromatic carbocycles. The smallest absolute Gasteiger partial charge is 0.123 e. The van der Waals surface area contributed by atoms with Crippen molar-refractivity contribution in [1.82, 2.24) is 24.2 Å². The summed E-state index contributed by atoms with van der Waals surface area (Å²) >= 11 is 0. The van der Waals surface area contributed by atoms with Gasteiger partial charge in [-0.15, -0.1) is 35.0 Å². The summed E-state index contributed by atoms with van der Waals surface area (Å²) in [6.45, 7) is 2.04. The second kappa shape index (κ2) is 7.45. The summed E-state index contributed by atoms with van der Waals surface area (Å²) in [5.74, 6) is 0. The standard InChI is InChI=1S/C14H17N5.2ClH/c1-17(2)7-8-18-6-5-12-9-13(3-4-14(12)18)19-10-15-16-11-19;;/h3-6,9-11H,7-8H2,1-2H3;2*1H. The lowest BCUT2D eigenvalue weighted by molar-refractivity contribution is 0.387. The summed E-state index contributed by atoms with van der Waals surface area (Å²) in [5, 5.41) is 8.91. The third-order valence-electron chi connectivity index (χ3n) is 3.26. The number of benzene rings is 1. The van der Waals surface area contributed by atoms with E-state index in [0.717, 1.165) is 18.8 Å². The van der Waals surface area contributed by atoms with E-state index in [0.29, 0.717) is 0 Å². The Morgan fingerprint density at radius 2 is 1.76 bits per heavy atom. The van der Waals surface area contributed by atoms with Crippen molar-refractivity contribution >= 4 is 35.7 Å². The van der Waals surface area contributed by atoms with Crippen LogP contribution in [0.3, 0.4) is 0 Å². The van der Waals surface area contributed by atoms with Crippen molar-refractivity contribution in [2.75, 3.05) is 20.6 Å². The quantitative estimate of drug-likeness (QED) is 0.739. The maximum absolute atomic E-state index is 3.83. The first-order chi connectivity index (χ1) is 9.24. The molecule has 0 bridgehead atoms. The number of hydrogen-bond acceptors (Lipinski definition) is 3. The lowest BCUT2D eigenvalue weighted by atomic mass is 10.2. The first-order valence-electron chi connectivity index (χ1n) is 6.33. The number of rotatable bonds is 4. The minimum Gasteiger partial charge on any atom is -0.346 e. The Morgan fingerprint density at radius 1 is 1.05 bits per heavy atom. The highest BCUT2D eigenvalue weighted by atomic mass is 35.5. The second-order valence-corrected chi connectivity index (χ2v) is 4.92. The Morgan fingerprint density at radius 3 is 2.43 bits per heavy atom. The summed E-state index contributed by atoms with van der Waals surface area (Å²) < 4.78 is 4.20. The van der Waals surface area contributed by atoms with Crippen LogP contribution in [-0.2, 0) is 6.54 Å². The van der Waals surface area contributed by atoms with Crippen LogP contribution < -0.4 is 0 Å². The first-order valence-corrected chi connectivity index (χ1v) is 6.33. The van der Waals surface area contributed by atoms with Crippen LogP contribution in [0.1, 0.15) is 0 Å². The average molecular weight is 328 g/mol. The molecule has 114 valence electrons. The maximum Gasteiger partial charge on any atom is 0.123 e. The van der Waals surface area contributed by atoms with Gasteiger partial charge in [0.25, 0.3) is 0 Å². The van der Waals surface area contributed by atoms with Gasteiger partial charge in [-0.25, -0.2) is 0 Å². The molecule has 0 fully saturated rings. The molecular weight excluding hydrogens is 309 g/mol. The predicted molar refractivity (Wildman–Crippen MR) is 89.9 cm³/mol. The van der Waals surface area contributed by atoms with E-state index in [2.05, 4.69) is 64.2 Å². The molecule has 7 heteroatoms. The van der Waals surface area contributed by atoms with Gasteiger partial charge in [-0.1, -0.05) is 0 Å². The van der Waals surface area contributed by atoms with Crippen LogP contribution in [0.2, 0.25) is 0 Å². The largest absolute Gasteiger partial charge is 0.346 e. The molecule has 2 heterocycles. The van der Waals surface area contributed by atoms with Crippen LogP contribution in [0, 0.1) is 0 Å². The van der Waals surface area contributed by atoms with E-state index < -0.39 is 0 Å². The highest BCUT2D eigenvalue weighted by Gasteiger charge is 2.03. The zero-order valence-electron chi connectivity index (χ0n) is 12.0. The molecule has 21 heavy (non-hydrogen) atoms. The van der Waals surface area contributed by atoms with Gasteiger partial charge in [-0.3, -0.25) is 4.57 Å². The van der Waals surface area contributed by atoms with Gasteiger partial charge in [0.15, 0.2) is 0 Å². The van der Waals surface area contributed by atoms with Crippen LogP contribution in [-0.4, -0.2) is 44.9 Å². The summed E-state index contributed by atoms with van der Waals surface area (Å²) in [4.78, 5) is 2.19. The molecule has 0 aliphatic heterocycles. The zero-order chi connectivity index (χ0) is 13.2. The summed E-state index contributed by atoms with van der Waals surface area (Å²) in [6.07, 6.45) is 5.57. The van der Waals surface area contributed by atoms with Gasteiger partial charge in [0, 0.05) is 35.9 Å². The summed E-state index contributed by atoms with van der Waals surface area (Å²) in [6, 6.07) is 8.56. The molecule has 0 spiro atoms. The van der Waals surface area contributed by atoms with E-state index in [1.165, 1.54) is 10.9 Å². The number of hydrogen-bond donors (Lipinski definition) is 0. The lowest BCUT2D eigenvalue weighted by Gasteiger charge is -2.11. The van der Waals surface area contributed by atoms with Gasteiger partial charge < -0.3 is 9.47 Å². The molecule has 0 saturated carbocycles. The van der Waals surface area contributed by atoms with Gasteiger partial charge in [0.05, 0.1) is 0 Å². The molecule has 0 amide bonds. The number of halogens is 2. The molecule has 0 N–H and O–H groups in total. The Labute approximate surface area is 136 Å². The summed E-state index contributed by atoms with van der Waals surface area (Å²) in [7, 11) is 4.19. The number of likely N-dealkylation sites (N-methyl/N-ethyl adjacent to an activating group) is 1. The minimum absolute atomic E-state index is 0. The molecule has 0 unspecified atom stereocenters. The van der Waals surface area contributed by atoms with Crippen LogP contribution in [0.25, 0.3) is 16.6 Å². The van der Waals surface area contributed by atoms with E-state index in [-0.39, 0.29) is 24.8 Å². The zero-order valence-corrected chi connectivity index (χ0v) is 13.6. The van der Waals surface area contributed by atoms with Crippen molar-refractivity contribution in [1.29, 1.82) is 0 Å². The van der Waals surface area contributed by atoms with Crippen molar-refractivity contribution in [3.05, 3.63) is 43.1 Å². The molecule has 3 rings (SSSR count). The van der Waals surface area contributed by atoms with Gasteiger partial charge in [0.1, 0.15) is 12.7 Å². The van der Waals surface area contributed by atoms with Crippen LogP contribution in [0.15, 0.2) is 43.1 Å². The van der Waals surface area contributed by atoms with Crippen LogP contribution in [0.5, 0.6) is 0 Å². The number of nitrogens with zero attached hydrogens (tertiary/aromatic N) is 5. The third-order valence-corrected chi connectivity index (χ3v) is 3.26. The Hall–Kier alpha value is -1.56. The van der Waals surface area contributed by atoms with Gasteiger partial charge in [-0.05, 0) is 38.4 Å². The van der Waals surface area contributed by atoms with Crippen molar-refractivity contribution in [2.24, 2.45) is 0 Å². The molecule has 3 aromatic rings. The fourth-order valence-corrected chi connectivity index (χ4v) is 2.18. The molecule has 2 aromatic heterocycles. The van der Waals surface area contributed by atoms with Crippen molar-refractivity contribution in [3.8, 4) is 5.69 Å². The topological polar surface area (TPSA) is 38.9 Å². The Balaban J connectivity index is 0.00000110. The highest BCUT2D eigenvalue weighted by molar-refractivity contribution is 5.85. The maximum atomic E-state index is 3.83. The molecule has 0 aliphatic rings. The molecular formula is C14H19Cl2N5.